The fraction of sp³-hybridized carbons (Fsp3) is 0.357. The Morgan fingerprint density at radius 1 is 1.29 bits per heavy atom. The van der Waals surface area contributed by atoms with Crippen LogP contribution >= 0.6 is 0 Å². The van der Waals surface area contributed by atoms with Crippen LogP contribution in [0.15, 0.2) is 24.3 Å². The second-order valence-corrected chi connectivity index (χ2v) is 4.55. The summed E-state index contributed by atoms with van der Waals surface area (Å²) in [5.74, 6) is 0.174. The Morgan fingerprint density at radius 2 is 2.00 bits per heavy atom. The second kappa shape index (κ2) is 4.24. The summed E-state index contributed by atoms with van der Waals surface area (Å²) in [6.45, 7) is 4.32. The molecule has 0 atom stereocenters. The number of carbonyl (C=O) groups excluding carboxylic acids is 1. The van der Waals surface area contributed by atoms with Crippen LogP contribution in [0.25, 0.3) is 10.9 Å². The van der Waals surface area contributed by atoms with Gasteiger partial charge in [0, 0.05) is 18.3 Å². The lowest BCUT2D eigenvalue weighted by Crippen LogP contribution is -2.02. The highest BCUT2D eigenvalue weighted by atomic mass is 16.5. The maximum absolute atomic E-state index is 11.5. The van der Waals surface area contributed by atoms with Crippen molar-refractivity contribution < 1.29 is 9.53 Å². The number of esters is 1. The molecule has 0 aliphatic carbocycles. The lowest BCUT2D eigenvalue weighted by atomic mass is 10.1. The first kappa shape index (κ1) is 11.7. The molecule has 17 heavy (non-hydrogen) atoms. The van der Waals surface area contributed by atoms with Gasteiger partial charge in [0.1, 0.15) is 0 Å². The van der Waals surface area contributed by atoms with E-state index in [1.54, 1.807) is 6.07 Å². The minimum absolute atomic E-state index is 0.292. The lowest BCUT2D eigenvalue weighted by Gasteiger charge is -2.07. The van der Waals surface area contributed by atoms with Gasteiger partial charge in [-0.2, -0.15) is 0 Å². The molecule has 1 aromatic heterocycles. The molecular formula is C14H17NO2. The van der Waals surface area contributed by atoms with Gasteiger partial charge in [-0.05, 0) is 29.5 Å². The van der Waals surface area contributed by atoms with Crippen LogP contribution in [-0.2, 0) is 11.8 Å². The predicted octanol–water partition coefficient (Wildman–Crippen LogP) is 3.09. The molecule has 2 aromatic rings. The standard InChI is InChI=1S/C14H17NO2/c1-9(2)12-7-10-5-6-11(14(16)17-4)8-13(10)15(12)3/h5-9H,1-4H3. The Morgan fingerprint density at radius 3 is 2.59 bits per heavy atom. The average molecular weight is 231 g/mol. The first-order valence-electron chi connectivity index (χ1n) is 5.72. The first-order valence-corrected chi connectivity index (χ1v) is 5.72. The second-order valence-electron chi connectivity index (χ2n) is 4.55. The molecule has 0 unspecified atom stereocenters. The molecule has 2 rings (SSSR count). The third-order valence-corrected chi connectivity index (χ3v) is 3.10. The maximum Gasteiger partial charge on any atom is 0.337 e. The Bertz CT molecular complexity index is 567. The summed E-state index contributed by atoms with van der Waals surface area (Å²) in [6, 6.07) is 7.82. The van der Waals surface area contributed by atoms with Crippen LogP contribution in [0, 0.1) is 0 Å². The lowest BCUT2D eigenvalue weighted by molar-refractivity contribution is 0.0601. The number of carbonyl (C=O) groups is 1. The molecule has 0 amide bonds. The number of aryl methyl sites for hydroxylation is 1. The number of methoxy groups -OCH3 is 1. The van der Waals surface area contributed by atoms with Gasteiger partial charge in [-0.25, -0.2) is 4.79 Å². The van der Waals surface area contributed by atoms with E-state index in [-0.39, 0.29) is 5.97 Å². The summed E-state index contributed by atoms with van der Waals surface area (Å²) in [4.78, 5) is 11.5. The third-order valence-electron chi connectivity index (χ3n) is 3.10. The summed E-state index contributed by atoms with van der Waals surface area (Å²) in [5, 5.41) is 1.16. The molecule has 0 fully saturated rings. The van der Waals surface area contributed by atoms with Gasteiger partial charge in [0.25, 0.3) is 0 Å². The van der Waals surface area contributed by atoms with Crippen molar-refractivity contribution in [2.24, 2.45) is 7.05 Å². The number of benzene rings is 1. The van der Waals surface area contributed by atoms with Crippen molar-refractivity contribution in [3.8, 4) is 0 Å². The van der Waals surface area contributed by atoms with E-state index < -0.39 is 0 Å². The van der Waals surface area contributed by atoms with Crippen LogP contribution in [0.4, 0.5) is 0 Å². The van der Waals surface area contributed by atoms with E-state index in [2.05, 4.69) is 24.5 Å². The van der Waals surface area contributed by atoms with Gasteiger partial charge in [-0.3, -0.25) is 0 Å². The van der Waals surface area contributed by atoms with Crippen LogP contribution in [0.2, 0.25) is 0 Å². The normalized spacial score (nSPS) is 11.1. The van der Waals surface area contributed by atoms with Gasteiger partial charge in [0.2, 0.25) is 0 Å². The van der Waals surface area contributed by atoms with Gasteiger partial charge < -0.3 is 9.30 Å². The summed E-state index contributed by atoms with van der Waals surface area (Å²) in [5.41, 5.74) is 2.93. The highest BCUT2D eigenvalue weighted by molar-refractivity contribution is 5.94. The Hall–Kier alpha value is -1.77. The quantitative estimate of drug-likeness (QED) is 0.744. The van der Waals surface area contributed by atoms with E-state index in [0.717, 1.165) is 10.9 Å². The monoisotopic (exact) mass is 231 g/mol. The van der Waals surface area contributed by atoms with E-state index in [9.17, 15) is 4.79 Å². The first-order chi connectivity index (χ1) is 8.04. The molecule has 0 spiro atoms. The number of hydrogen-bond donors (Lipinski definition) is 0. The number of rotatable bonds is 2. The van der Waals surface area contributed by atoms with Crippen LogP contribution in [0.1, 0.15) is 35.8 Å². The highest BCUT2D eigenvalue weighted by Crippen LogP contribution is 2.25. The zero-order valence-corrected chi connectivity index (χ0v) is 10.7. The van der Waals surface area contributed by atoms with Crippen LogP contribution in [0.3, 0.4) is 0 Å². The molecule has 0 aliphatic rings. The number of nitrogens with zero attached hydrogens (tertiary/aromatic N) is 1. The molecular weight excluding hydrogens is 214 g/mol. The minimum Gasteiger partial charge on any atom is -0.465 e. The van der Waals surface area contributed by atoms with E-state index in [1.165, 1.54) is 12.8 Å². The van der Waals surface area contributed by atoms with Gasteiger partial charge in [0.15, 0.2) is 0 Å². The average Bonchev–Trinajstić information content (AvgIpc) is 2.65. The Balaban J connectivity index is 2.61. The van der Waals surface area contributed by atoms with Crippen LogP contribution in [-0.4, -0.2) is 17.6 Å². The van der Waals surface area contributed by atoms with E-state index in [0.29, 0.717) is 11.5 Å². The third kappa shape index (κ3) is 1.93. The Kier molecular flexibility index (Phi) is 2.92. The number of fused-ring (bicyclic) bond motifs is 1. The summed E-state index contributed by atoms with van der Waals surface area (Å²) < 4.78 is 6.86. The molecule has 0 saturated heterocycles. The predicted molar refractivity (Wildman–Crippen MR) is 68.3 cm³/mol. The summed E-state index contributed by atoms with van der Waals surface area (Å²) >= 11 is 0. The van der Waals surface area contributed by atoms with Crippen LogP contribution in [0.5, 0.6) is 0 Å². The van der Waals surface area contributed by atoms with Crippen molar-refractivity contribution in [2.75, 3.05) is 7.11 Å². The zero-order valence-electron chi connectivity index (χ0n) is 10.7. The fourth-order valence-corrected chi connectivity index (χ4v) is 2.15. The summed E-state index contributed by atoms with van der Waals surface area (Å²) in [6.07, 6.45) is 0. The molecule has 1 aromatic carbocycles. The smallest absolute Gasteiger partial charge is 0.337 e. The van der Waals surface area contributed by atoms with Crippen molar-refractivity contribution in [2.45, 2.75) is 19.8 Å². The molecule has 0 bridgehead atoms. The summed E-state index contributed by atoms with van der Waals surface area (Å²) in [7, 11) is 3.43. The van der Waals surface area contributed by atoms with E-state index >= 15 is 0 Å². The number of ether oxygens (including phenoxy) is 1. The van der Waals surface area contributed by atoms with Gasteiger partial charge in [-0.1, -0.05) is 19.9 Å². The molecule has 3 nitrogen and oxygen atoms in total. The molecule has 90 valence electrons. The van der Waals surface area contributed by atoms with E-state index in [4.69, 9.17) is 4.74 Å². The molecule has 0 saturated carbocycles. The van der Waals surface area contributed by atoms with Gasteiger partial charge >= 0.3 is 5.97 Å². The molecule has 1 heterocycles. The van der Waals surface area contributed by atoms with Crippen molar-refractivity contribution in [3.05, 3.63) is 35.5 Å². The molecule has 0 N–H and O–H groups in total. The SMILES string of the molecule is COC(=O)c1ccc2cc(C(C)C)n(C)c2c1. The molecule has 0 radical (unpaired) electrons. The van der Waals surface area contributed by atoms with Crippen molar-refractivity contribution >= 4 is 16.9 Å². The zero-order chi connectivity index (χ0) is 12.6. The topological polar surface area (TPSA) is 31.2 Å². The maximum atomic E-state index is 11.5. The van der Waals surface area contributed by atoms with Gasteiger partial charge in [-0.15, -0.1) is 0 Å². The van der Waals surface area contributed by atoms with Crippen molar-refractivity contribution in [1.29, 1.82) is 0 Å². The van der Waals surface area contributed by atoms with Crippen molar-refractivity contribution in [3.63, 3.8) is 0 Å². The minimum atomic E-state index is -0.292. The number of aromatic nitrogens is 1. The van der Waals surface area contributed by atoms with Crippen LogP contribution < -0.4 is 0 Å². The number of hydrogen-bond acceptors (Lipinski definition) is 2. The fourth-order valence-electron chi connectivity index (χ4n) is 2.15. The Labute approximate surface area is 101 Å². The highest BCUT2D eigenvalue weighted by Gasteiger charge is 2.11. The molecule has 3 heteroatoms. The van der Waals surface area contributed by atoms with Crippen molar-refractivity contribution in [1.82, 2.24) is 4.57 Å². The molecule has 0 aliphatic heterocycles. The van der Waals surface area contributed by atoms with Gasteiger partial charge in [0.05, 0.1) is 12.7 Å². The van der Waals surface area contributed by atoms with E-state index in [1.807, 2.05) is 19.2 Å². The largest absolute Gasteiger partial charge is 0.465 e.